The lowest BCUT2D eigenvalue weighted by Crippen LogP contribution is -2.36. The van der Waals surface area contributed by atoms with Crippen molar-refractivity contribution >= 4 is 12.4 Å². The number of halogens is 1. The zero-order chi connectivity index (χ0) is 6.69. The summed E-state index contributed by atoms with van der Waals surface area (Å²) >= 11 is 0. The summed E-state index contributed by atoms with van der Waals surface area (Å²) in [4.78, 5) is 0. The Morgan fingerprint density at radius 1 is 1.50 bits per heavy atom. The first-order chi connectivity index (χ1) is 4.33. The third-order valence-corrected chi connectivity index (χ3v) is 1.84. The van der Waals surface area contributed by atoms with Crippen LogP contribution in [0.15, 0.2) is 0 Å². The van der Waals surface area contributed by atoms with Gasteiger partial charge in [0, 0.05) is 12.6 Å². The van der Waals surface area contributed by atoms with E-state index < -0.39 is 0 Å². The van der Waals surface area contributed by atoms with Crippen LogP contribution in [-0.4, -0.2) is 12.6 Å². The van der Waals surface area contributed by atoms with Crippen molar-refractivity contribution in [3.8, 4) is 6.07 Å². The largest absolute Gasteiger partial charge is 0.313 e. The van der Waals surface area contributed by atoms with Gasteiger partial charge in [-0.1, -0.05) is 0 Å². The highest BCUT2D eigenvalue weighted by atomic mass is 35.5. The van der Waals surface area contributed by atoms with Gasteiger partial charge in [-0.05, 0) is 19.8 Å². The van der Waals surface area contributed by atoms with Gasteiger partial charge in [-0.3, -0.25) is 0 Å². The maximum absolute atomic E-state index is 8.49. The van der Waals surface area contributed by atoms with Gasteiger partial charge in [0.15, 0.2) is 0 Å². The van der Waals surface area contributed by atoms with Crippen molar-refractivity contribution in [2.75, 3.05) is 6.54 Å². The Morgan fingerprint density at radius 3 is 2.60 bits per heavy atom. The van der Waals surface area contributed by atoms with Crippen LogP contribution in [-0.2, 0) is 0 Å². The second kappa shape index (κ2) is 4.54. The molecule has 58 valence electrons. The van der Waals surface area contributed by atoms with Crippen LogP contribution in [0.25, 0.3) is 0 Å². The van der Waals surface area contributed by atoms with Gasteiger partial charge in [-0.25, -0.2) is 0 Å². The molecule has 0 aromatic heterocycles. The Hall–Kier alpha value is -0.260. The Kier molecular flexibility index (Phi) is 4.42. The molecular formula is C7H13ClN2. The molecule has 1 N–H and O–H groups in total. The van der Waals surface area contributed by atoms with Crippen molar-refractivity contribution in [3.05, 3.63) is 0 Å². The van der Waals surface area contributed by atoms with Crippen LogP contribution >= 0.6 is 12.4 Å². The lowest BCUT2D eigenvalue weighted by Gasteiger charge is -2.22. The molecule has 1 aliphatic rings. The normalized spacial score (nSPS) is 32.0. The minimum absolute atomic E-state index is 0. The highest BCUT2D eigenvalue weighted by Crippen LogP contribution is 2.11. The third kappa shape index (κ3) is 2.55. The van der Waals surface area contributed by atoms with E-state index in [2.05, 4.69) is 18.3 Å². The molecule has 0 saturated carbocycles. The second-order valence-electron chi connectivity index (χ2n) is 2.71. The van der Waals surface area contributed by atoms with E-state index in [9.17, 15) is 0 Å². The smallest absolute Gasteiger partial charge is 0.0669 e. The van der Waals surface area contributed by atoms with E-state index in [0.29, 0.717) is 6.04 Å². The molecule has 1 fully saturated rings. The quantitative estimate of drug-likeness (QED) is 0.580. The van der Waals surface area contributed by atoms with E-state index in [4.69, 9.17) is 5.26 Å². The molecule has 1 rings (SSSR count). The Balaban J connectivity index is 0.000000810. The molecule has 0 aromatic rings. The fourth-order valence-corrected chi connectivity index (χ4v) is 1.11. The van der Waals surface area contributed by atoms with Crippen LogP contribution in [0.2, 0.25) is 0 Å². The fourth-order valence-electron chi connectivity index (χ4n) is 1.11. The van der Waals surface area contributed by atoms with Crippen molar-refractivity contribution in [1.82, 2.24) is 5.32 Å². The highest BCUT2D eigenvalue weighted by Gasteiger charge is 2.15. The molecule has 3 heteroatoms. The maximum atomic E-state index is 8.49. The van der Waals surface area contributed by atoms with Gasteiger partial charge >= 0.3 is 0 Å². The lowest BCUT2D eigenvalue weighted by atomic mass is 9.97. The van der Waals surface area contributed by atoms with Gasteiger partial charge < -0.3 is 5.32 Å². The standard InChI is InChI=1S/C7H12N2.ClH/c1-6-2-3-7(4-8)5-9-6;/h6-7,9H,2-3,5H2,1H3;1H/t6-,7-;/m1./s1. The molecular weight excluding hydrogens is 148 g/mol. The topological polar surface area (TPSA) is 35.8 Å². The van der Waals surface area contributed by atoms with Crippen molar-refractivity contribution < 1.29 is 0 Å². The Morgan fingerprint density at radius 2 is 2.20 bits per heavy atom. The molecule has 0 unspecified atom stereocenters. The molecule has 0 bridgehead atoms. The molecule has 0 spiro atoms. The predicted molar refractivity (Wildman–Crippen MR) is 43.0 cm³/mol. The Bertz CT molecular complexity index is 122. The first-order valence-electron chi connectivity index (χ1n) is 3.46. The van der Waals surface area contributed by atoms with Crippen LogP contribution in [0.4, 0.5) is 0 Å². The number of piperidine rings is 1. The van der Waals surface area contributed by atoms with Crippen molar-refractivity contribution in [2.24, 2.45) is 5.92 Å². The molecule has 1 aliphatic heterocycles. The fraction of sp³-hybridized carbons (Fsp3) is 0.857. The molecule has 1 heterocycles. The molecule has 0 amide bonds. The molecule has 0 aromatic carbocycles. The van der Waals surface area contributed by atoms with Crippen LogP contribution in [0, 0.1) is 17.2 Å². The zero-order valence-electron chi connectivity index (χ0n) is 6.13. The molecule has 0 aliphatic carbocycles. The number of hydrogen-bond acceptors (Lipinski definition) is 2. The molecule has 2 atom stereocenters. The van der Waals surface area contributed by atoms with Gasteiger partial charge in [0.25, 0.3) is 0 Å². The SMILES string of the molecule is C[C@@H]1CC[C@H](C#N)CN1.Cl. The first-order valence-corrected chi connectivity index (χ1v) is 3.46. The molecule has 0 radical (unpaired) electrons. The highest BCUT2D eigenvalue weighted by molar-refractivity contribution is 5.85. The van der Waals surface area contributed by atoms with Crippen LogP contribution in [0.1, 0.15) is 19.8 Å². The van der Waals surface area contributed by atoms with Crippen molar-refractivity contribution in [2.45, 2.75) is 25.8 Å². The summed E-state index contributed by atoms with van der Waals surface area (Å²) in [5, 5.41) is 11.7. The molecule has 1 saturated heterocycles. The minimum atomic E-state index is 0. The van der Waals surface area contributed by atoms with E-state index in [1.54, 1.807) is 0 Å². The number of hydrogen-bond donors (Lipinski definition) is 1. The second-order valence-corrected chi connectivity index (χ2v) is 2.71. The summed E-state index contributed by atoms with van der Waals surface area (Å²) in [7, 11) is 0. The van der Waals surface area contributed by atoms with Crippen molar-refractivity contribution in [1.29, 1.82) is 5.26 Å². The summed E-state index contributed by atoms with van der Waals surface area (Å²) in [6.07, 6.45) is 2.23. The van der Waals surface area contributed by atoms with Gasteiger partial charge in [0.05, 0.1) is 12.0 Å². The first kappa shape index (κ1) is 9.74. The van der Waals surface area contributed by atoms with E-state index in [-0.39, 0.29) is 18.3 Å². The zero-order valence-corrected chi connectivity index (χ0v) is 6.95. The number of rotatable bonds is 0. The summed E-state index contributed by atoms with van der Waals surface area (Å²) in [6, 6.07) is 2.88. The summed E-state index contributed by atoms with van der Waals surface area (Å²) in [5.41, 5.74) is 0. The molecule has 2 nitrogen and oxygen atoms in total. The summed E-state index contributed by atoms with van der Waals surface area (Å²) < 4.78 is 0. The maximum Gasteiger partial charge on any atom is 0.0669 e. The van der Waals surface area contributed by atoms with Crippen LogP contribution < -0.4 is 5.32 Å². The van der Waals surface area contributed by atoms with Gasteiger partial charge in [0.1, 0.15) is 0 Å². The van der Waals surface area contributed by atoms with Gasteiger partial charge in [-0.2, -0.15) is 5.26 Å². The van der Waals surface area contributed by atoms with E-state index in [0.717, 1.165) is 19.4 Å². The summed E-state index contributed by atoms with van der Waals surface area (Å²) in [6.45, 7) is 3.05. The number of nitriles is 1. The number of nitrogens with zero attached hydrogens (tertiary/aromatic N) is 1. The van der Waals surface area contributed by atoms with Crippen molar-refractivity contribution in [3.63, 3.8) is 0 Å². The average molecular weight is 161 g/mol. The monoisotopic (exact) mass is 160 g/mol. The molecule has 10 heavy (non-hydrogen) atoms. The third-order valence-electron chi connectivity index (χ3n) is 1.84. The van der Waals surface area contributed by atoms with Crippen LogP contribution in [0.3, 0.4) is 0 Å². The minimum Gasteiger partial charge on any atom is -0.313 e. The van der Waals surface area contributed by atoms with E-state index >= 15 is 0 Å². The lowest BCUT2D eigenvalue weighted by molar-refractivity contribution is 0.372. The van der Waals surface area contributed by atoms with Crippen LogP contribution in [0.5, 0.6) is 0 Å². The van der Waals surface area contributed by atoms with Gasteiger partial charge in [0.2, 0.25) is 0 Å². The number of nitrogens with one attached hydrogen (secondary N) is 1. The predicted octanol–water partition coefficient (Wildman–Crippen LogP) is 1.32. The van der Waals surface area contributed by atoms with E-state index in [1.807, 2.05) is 0 Å². The summed E-state index contributed by atoms with van der Waals surface area (Å²) in [5.74, 6) is 0.265. The van der Waals surface area contributed by atoms with E-state index in [1.165, 1.54) is 0 Å². The average Bonchev–Trinajstić information content (AvgIpc) is 1.90. The van der Waals surface area contributed by atoms with Gasteiger partial charge in [-0.15, -0.1) is 12.4 Å². The Labute approximate surface area is 68.0 Å².